The lowest BCUT2D eigenvalue weighted by Crippen LogP contribution is -2.17. The highest BCUT2D eigenvalue weighted by molar-refractivity contribution is 8.18. The Balaban J connectivity index is 1.75. The molecule has 4 rings (SSSR count). The Morgan fingerprint density at radius 1 is 1.23 bits per heavy atom. The van der Waals surface area contributed by atoms with Crippen molar-refractivity contribution in [3.05, 3.63) is 63.0 Å². The number of hydrogen-bond acceptors (Lipinski definition) is 5. The third-order valence-corrected chi connectivity index (χ3v) is 5.62. The summed E-state index contributed by atoms with van der Waals surface area (Å²) >= 11 is 6.54. The fraction of sp³-hybridized carbons (Fsp3) is 0.150. The Hall–Kier alpha value is -2.98. The molecule has 0 atom stereocenters. The molecular weight excluding hydrogens is 455 g/mol. The van der Waals surface area contributed by atoms with Gasteiger partial charge in [0, 0.05) is 5.02 Å². The number of aromatic nitrogens is 2. The number of amides is 2. The molecule has 0 aliphatic carbocycles. The molecule has 2 aromatic carbocycles. The van der Waals surface area contributed by atoms with Crippen LogP contribution in [-0.4, -0.2) is 28.0 Å². The van der Waals surface area contributed by atoms with Crippen LogP contribution in [0.4, 0.5) is 18.0 Å². The molecular formula is C20H13ClF3N3O3S. The molecule has 0 spiro atoms. The van der Waals surface area contributed by atoms with Crippen LogP contribution >= 0.6 is 23.4 Å². The van der Waals surface area contributed by atoms with Crippen LogP contribution in [0.5, 0.6) is 5.88 Å². The van der Waals surface area contributed by atoms with E-state index >= 15 is 0 Å². The number of thioether (sulfide) groups is 1. The number of nitrogens with one attached hydrogen (secondary N) is 1. The lowest BCUT2D eigenvalue weighted by molar-refractivity contribution is -0.138. The molecule has 1 aromatic heterocycles. The molecule has 11 heteroatoms. The van der Waals surface area contributed by atoms with Crippen LogP contribution in [0, 0.1) is 0 Å². The van der Waals surface area contributed by atoms with Gasteiger partial charge in [0.2, 0.25) is 5.88 Å². The van der Waals surface area contributed by atoms with Crippen molar-refractivity contribution < 1.29 is 27.5 Å². The summed E-state index contributed by atoms with van der Waals surface area (Å²) in [6.45, 7) is -0.154. The van der Waals surface area contributed by atoms with Crippen molar-refractivity contribution in [1.29, 1.82) is 0 Å². The van der Waals surface area contributed by atoms with Crippen molar-refractivity contribution in [2.75, 3.05) is 7.11 Å². The van der Waals surface area contributed by atoms with E-state index in [1.165, 1.54) is 23.9 Å². The number of hydrogen-bond donors (Lipinski definition) is 1. The number of benzene rings is 2. The standard InChI is InChI=1S/C20H13ClF3N3O3S/c1-30-18-13-6-10(7-16-17(28)25-19(29)31-16)2-5-15(13)27(26-18)9-11-3-4-12(21)8-14(11)20(22,23)24/h2-8H,9H2,1H3,(H,25,28,29)/b16-7-. The average molecular weight is 468 g/mol. The number of rotatable bonds is 4. The fourth-order valence-corrected chi connectivity index (χ4v) is 4.07. The van der Waals surface area contributed by atoms with Gasteiger partial charge in [-0.05, 0) is 53.2 Å². The number of imide groups is 1. The van der Waals surface area contributed by atoms with Gasteiger partial charge in [-0.3, -0.25) is 19.6 Å². The van der Waals surface area contributed by atoms with Crippen molar-refractivity contribution in [2.24, 2.45) is 0 Å². The number of halogens is 4. The normalized spacial score (nSPS) is 15.7. The highest BCUT2D eigenvalue weighted by atomic mass is 35.5. The smallest absolute Gasteiger partial charge is 0.416 e. The zero-order chi connectivity index (χ0) is 22.3. The molecule has 1 N–H and O–H groups in total. The second kappa shape index (κ2) is 7.93. The van der Waals surface area contributed by atoms with E-state index in [9.17, 15) is 22.8 Å². The fourth-order valence-electron chi connectivity index (χ4n) is 3.21. The Morgan fingerprint density at radius 2 is 2.00 bits per heavy atom. The molecule has 1 saturated heterocycles. The van der Waals surface area contributed by atoms with Crippen LogP contribution in [0.3, 0.4) is 0 Å². The third kappa shape index (κ3) is 4.26. The molecule has 2 amide bonds. The summed E-state index contributed by atoms with van der Waals surface area (Å²) in [5, 5.41) is 6.54. The second-order valence-electron chi connectivity index (χ2n) is 6.59. The third-order valence-electron chi connectivity index (χ3n) is 4.57. The first kappa shape index (κ1) is 21.3. The molecule has 0 radical (unpaired) electrons. The molecule has 6 nitrogen and oxygen atoms in total. The van der Waals surface area contributed by atoms with Gasteiger partial charge in [0.15, 0.2) is 0 Å². The van der Waals surface area contributed by atoms with E-state index in [0.717, 1.165) is 17.8 Å². The zero-order valence-electron chi connectivity index (χ0n) is 15.8. The van der Waals surface area contributed by atoms with Crippen LogP contribution in [0.25, 0.3) is 17.0 Å². The number of fused-ring (bicyclic) bond motifs is 1. The number of carbonyl (C=O) groups is 2. The lowest BCUT2D eigenvalue weighted by Gasteiger charge is -2.13. The molecule has 0 unspecified atom stereocenters. The molecule has 2 heterocycles. The number of methoxy groups -OCH3 is 1. The maximum atomic E-state index is 13.4. The SMILES string of the molecule is COc1nn(Cc2ccc(Cl)cc2C(F)(F)F)c2ccc(/C=C3\SC(=O)NC3=O)cc12. The number of carbonyl (C=O) groups excluding carboxylic acids is 2. The summed E-state index contributed by atoms with van der Waals surface area (Å²) in [6.07, 6.45) is -3.02. The van der Waals surface area contributed by atoms with E-state index in [1.54, 1.807) is 24.3 Å². The molecule has 160 valence electrons. The predicted molar refractivity (Wildman–Crippen MR) is 111 cm³/mol. The molecule has 31 heavy (non-hydrogen) atoms. The maximum absolute atomic E-state index is 13.4. The van der Waals surface area contributed by atoms with Crippen molar-refractivity contribution in [1.82, 2.24) is 15.1 Å². The maximum Gasteiger partial charge on any atom is 0.416 e. The van der Waals surface area contributed by atoms with E-state index in [0.29, 0.717) is 16.5 Å². The summed E-state index contributed by atoms with van der Waals surface area (Å²) in [6, 6.07) is 8.63. The first-order valence-electron chi connectivity index (χ1n) is 8.81. The van der Waals surface area contributed by atoms with Gasteiger partial charge in [-0.15, -0.1) is 5.10 Å². The van der Waals surface area contributed by atoms with E-state index < -0.39 is 22.9 Å². The Kier molecular flexibility index (Phi) is 5.44. The summed E-state index contributed by atoms with van der Waals surface area (Å²) in [4.78, 5) is 23.3. The van der Waals surface area contributed by atoms with E-state index in [4.69, 9.17) is 16.3 Å². The monoisotopic (exact) mass is 467 g/mol. The first-order chi connectivity index (χ1) is 14.7. The molecule has 3 aromatic rings. The largest absolute Gasteiger partial charge is 0.479 e. The van der Waals surface area contributed by atoms with Gasteiger partial charge in [-0.1, -0.05) is 23.7 Å². The minimum Gasteiger partial charge on any atom is -0.479 e. The van der Waals surface area contributed by atoms with Gasteiger partial charge in [-0.25, -0.2) is 0 Å². The quantitative estimate of drug-likeness (QED) is 0.541. The van der Waals surface area contributed by atoms with Crippen LogP contribution < -0.4 is 10.1 Å². The molecule has 1 aliphatic rings. The van der Waals surface area contributed by atoms with Crippen LogP contribution in [-0.2, 0) is 17.5 Å². The first-order valence-corrected chi connectivity index (χ1v) is 10.00. The van der Waals surface area contributed by atoms with Crippen LogP contribution in [0.15, 0.2) is 41.3 Å². The van der Waals surface area contributed by atoms with Crippen molar-refractivity contribution in [2.45, 2.75) is 12.7 Å². The van der Waals surface area contributed by atoms with E-state index in [2.05, 4.69) is 10.4 Å². The zero-order valence-corrected chi connectivity index (χ0v) is 17.4. The number of nitrogens with zero attached hydrogens (tertiary/aromatic N) is 2. The van der Waals surface area contributed by atoms with E-state index in [-0.39, 0.29) is 27.9 Å². The van der Waals surface area contributed by atoms with Gasteiger partial charge in [-0.2, -0.15) is 13.2 Å². The van der Waals surface area contributed by atoms with Gasteiger partial charge < -0.3 is 4.74 Å². The molecule has 0 bridgehead atoms. The van der Waals surface area contributed by atoms with Crippen molar-refractivity contribution in [3.8, 4) is 5.88 Å². The van der Waals surface area contributed by atoms with Crippen LogP contribution in [0.1, 0.15) is 16.7 Å². The minimum atomic E-state index is -4.57. The molecule has 1 aliphatic heterocycles. The van der Waals surface area contributed by atoms with E-state index in [1.807, 2.05) is 0 Å². The summed E-state index contributed by atoms with van der Waals surface area (Å²) < 4.78 is 47.0. The predicted octanol–water partition coefficient (Wildman–Crippen LogP) is 5.09. The highest BCUT2D eigenvalue weighted by Gasteiger charge is 2.34. The Labute approximate surface area is 183 Å². The highest BCUT2D eigenvalue weighted by Crippen LogP contribution is 2.35. The topological polar surface area (TPSA) is 73.2 Å². The summed E-state index contributed by atoms with van der Waals surface area (Å²) in [7, 11) is 1.40. The Bertz CT molecular complexity index is 1250. The average Bonchev–Trinajstić information content (AvgIpc) is 3.21. The Morgan fingerprint density at radius 3 is 2.65 bits per heavy atom. The van der Waals surface area contributed by atoms with Crippen LogP contribution in [0.2, 0.25) is 5.02 Å². The molecule has 1 fully saturated rings. The van der Waals surface area contributed by atoms with Gasteiger partial charge >= 0.3 is 6.18 Å². The number of ether oxygens (including phenoxy) is 1. The minimum absolute atomic E-state index is 0.00712. The van der Waals surface area contributed by atoms with Gasteiger partial charge in [0.25, 0.3) is 11.1 Å². The number of alkyl halides is 3. The second-order valence-corrected chi connectivity index (χ2v) is 8.05. The summed E-state index contributed by atoms with van der Waals surface area (Å²) in [5.74, 6) is -0.266. The molecule has 0 saturated carbocycles. The van der Waals surface area contributed by atoms with Crippen molar-refractivity contribution >= 4 is 51.5 Å². The van der Waals surface area contributed by atoms with Crippen molar-refractivity contribution in [3.63, 3.8) is 0 Å². The van der Waals surface area contributed by atoms with Gasteiger partial charge in [0.05, 0.1) is 35.0 Å². The van der Waals surface area contributed by atoms with Gasteiger partial charge in [0.1, 0.15) is 0 Å². The summed E-state index contributed by atoms with van der Waals surface area (Å²) in [5.41, 5.74) is 0.326. The lowest BCUT2D eigenvalue weighted by atomic mass is 10.1.